The van der Waals surface area contributed by atoms with Gasteiger partial charge in [0.25, 0.3) is 5.79 Å². The number of aliphatic hydroxyl groups is 1. The average molecular weight is 902 g/mol. The minimum absolute atomic E-state index is 0.0605. The molecule has 0 bridgehead atoms. The molecule has 2 fully saturated rings. The third-order valence-corrected chi connectivity index (χ3v) is 9.48. The Labute approximate surface area is 367 Å². The molecule has 0 spiro atoms. The van der Waals surface area contributed by atoms with Crippen LogP contribution in [0.15, 0.2) is 73.3 Å². The van der Waals surface area contributed by atoms with Gasteiger partial charge in [-0.05, 0) is 24.3 Å². The fourth-order valence-corrected chi connectivity index (χ4v) is 6.88. The van der Waals surface area contributed by atoms with Gasteiger partial charge < -0.3 is 62.5 Å². The molecule has 348 valence electrons. The van der Waals surface area contributed by atoms with Crippen LogP contribution in [0.2, 0.25) is 0 Å². The van der Waals surface area contributed by atoms with E-state index in [1.54, 1.807) is 36.4 Å². The molecule has 1 amide bonds. The first kappa shape index (κ1) is 50.4. The summed E-state index contributed by atoms with van der Waals surface area (Å²) in [5, 5.41) is 14.5. The van der Waals surface area contributed by atoms with Crippen LogP contribution in [0.5, 0.6) is 0 Å². The van der Waals surface area contributed by atoms with Crippen molar-refractivity contribution < 1.29 is 95.6 Å². The zero-order valence-corrected chi connectivity index (χ0v) is 35.9. The normalized spacial score (nSPS) is 26.0. The lowest BCUT2D eigenvalue weighted by atomic mass is 9.87. The summed E-state index contributed by atoms with van der Waals surface area (Å²) in [4.78, 5) is 103. The lowest BCUT2D eigenvalue weighted by Crippen LogP contribution is -2.70. The summed E-state index contributed by atoms with van der Waals surface area (Å²) in [5.41, 5.74) is 0.156. The zero-order valence-electron chi connectivity index (χ0n) is 35.9. The number of carbonyl (C=O) groups excluding carboxylic acids is 8. The van der Waals surface area contributed by atoms with Crippen LogP contribution < -0.4 is 5.32 Å². The highest BCUT2D eigenvalue weighted by Crippen LogP contribution is 2.38. The van der Waals surface area contributed by atoms with Crippen molar-refractivity contribution in [1.82, 2.24) is 5.32 Å². The molecule has 21 heteroatoms. The van der Waals surface area contributed by atoms with E-state index in [0.29, 0.717) is 0 Å². The van der Waals surface area contributed by atoms with Crippen LogP contribution in [0.1, 0.15) is 61.8 Å². The van der Waals surface area contributed by atoms with E-state index < -0.39 is 134 Å². The fourth-order valence-electron chi connectivity index (χ4n) is 6.88. The number of benzene rings is 2. The van der Waals surface area contributed by atoms with Gasteiger partial charge in [-0.15, -0.1) is 6.58 Å². The summed E-state index contributed by atoms with van der Waals surface area (Å²) in [7, 11) is 0.953. The SMILES string of the molecule is C=CCO[C@H]1O[C@H](CO[C@]2(C(=O)OC)C[C@H](OC(C)=O)[C@@H](NC(C)=O)[C@H]([C@H](OC(C)=O)[C@@H](COC(C)=O)OC(C)=O)O2)[C@H](O)[C@H](OC(=O)c2ccccc2)[C@H]1OC(=O)c1ccccc1. The number of hydrogen-bond donors (Lipinski definition) is 2. The molecule has 2 aromatic rings. The van der Waals surface area contributed by atoms with Gasteiger partial charge in [0, 0.05) is 34.6 Å². The van der Waals surface area contributed by atoms with E-state index in [-0.39, 0.29) is 17.7 Å². The van der Waals surface area contributed by atoms with Crippen molar-refractivity contribution in [3.8, 4) is 0 Å². The largest absolute Gasteiger partial charge is 0.465 e. The van der Waals surface area contributed by atoms with Crippen molar-refractivity contribution in [1.29, 1.82) is 0 Å². The quantitative estimate of drug-likeness (QED) is 0.114. The van der Waals surface area contributed by atoms with Gasteiger partial charge in [-0.1, -0.05) is 42.5 Å². The maximum Gasteiger partial charge on any atom is 0.366 e. The number of hydrogen-bond acceptors (Lipinski definition) is 20. The maximum absolute atomic E-state index is 14.0. The second-order valence-electron chi connectivity index (χ2n) is 14.4. The van der Waals surface area contributed by atoms with Crippen molar-refractivity contribution in [2.45, 2.75) is 108 Å². The number of esters is 7. The molecule has 0 unspecified atom stereocenters. The van der Waals surface area contributed by atoms with Gasteiger partial charge in [0.2, 0.25) is 5.91 Å². The fraction of sp³-hybridized carbons (Fsp3) is 0.488. The van der Waals surface area contributed by atoms with E-state index in [4.69, 9.17) is 52.1 Å². The van der Waals surface area contributed by atoms with Gasteiger partial charge in [0.1, 0.15) is 31.0 Å². The Morgan fingerprint density at radius 2 is 1.39 bits per heavy atom. The first-order chi connectivity index (χ1) is 30.4. The highest BCUT2D eigenvalue weighted by atomic mass is 16.8. The van der Waals surface area contributed by atoms with Crippen LogP contribution in [-0.4, -0.2) is 147 Å². The van der Waals surface area contributed by atoms with Crippen LogP contribution in [0, 0.1) is 0 Å². The number of rotatable bonds is 19. The predicted octanol–water partition coefficient (Wildman–Crippen LogP) is 1.26. The van der Waals surface area contributed by atoms with Crippen LogP contribution in [0.4, 0.5) is 0 Å². The van der Waals surface area contributed by atoms with E-state index in [0.717, 1.165) is 41.7 Å². The summed E-state index contributed by atoms with van der Waals surface area (Å²) in [6.45, 7) is 6.96. The Morgan fingerprint density at radius 3 is 1.89 bits per heavy atom. The molecule has 11 atom stereocenters. The summed E-state index contributed by atoms with van der Waals surface area (Å²) < 4.78 is 62.8. The van der Waals surface area contributed by atoms with Crippen molar-refractivity contribution in [2.24, 2.45) is 0 Å². The van der Waals surface area contributed by atoms with Crippen molar-refractivity contribution in [2.75, 3.05) is 26.9 Å². The number of carbonyl (C=O) groups is 8. The van der Waals surface area contributed by atoms with Crippen LogP contribution in [0.25, 0.3) is 0 Å². The number of ether oxygens (including phenoxy) is 11. The molecular formula is C43H51NO20. The molecule has 0 radical (unpaired) electrons. The van der Waals surface area contributed by atoms with Crippen molar-refractivity contribution in [3.05, 3.63) is 84.4 Å². The van der Waals surface area contributed by atoms with E-state index in [9.17, 15) is 43.5 Å². The summed E-state index contributed by atoms with van der Waals surface area (Å²) in [6.07, 6.45) is -14.9. The molecule has 0 saturated carbocycles. The van der Waals surface area contributed by atoms with Crippen LogP contribution in [-0.2, 0) is 80.9 Å². The van der Waals surface area contributed by atoms with E-state index in [2.05, 4.69) is 11.9 Å². The Bertz CT molecular complexity index is 1980. The minimum atomic E-state index is -2.72. The monoisotopic (exact) mass is 901 g/mol. The van der Waals surface area contributed by atoms with Gasteiger partial charge in [-0.2, -0.15) is 0 Å². The first-order valence-corrected chi connectivity index (χ1v) is 19.8. The smallest absolute Gasteiger partial charge is 0.366 e. The highest BCUT2D eigenvalue weighted by molar-refractivity contribution is 5.90. The summed E-state index contributed by atoms with van der Waals surface area (Å²) in [5.74, 6) is -10.3. The molecular weight excluding hydrogens is 850 g/mol. The molecule has 2 aromatic carbocycles. The molecule has 2 saturated heterocycles. The molecule has 0 aliphatic carbocycles. The highest BCUT2D eigenvalue weighted by Gasteiger charge is 2.60. The molecule has 2 aliphatic heterocycles. The van der Waals surface area contributed by atoms with E-state index in [1.807, 2.05) is 0 Å². The maximum atomic E-state index is 14.0. The van der Waals surface area contributed by atoms with Gasteiger partial charge in [0.05, 0.1) is 43.9 Å². The van der Waals surface area contributed by atoms with E-state index >= 15 is 0 Å². The number of methoxy groups -OCH3 is 1. The summed E-state index contributed by atoms with van der Waals surface area (Å²) >= 11 is 0. The van der Waals surface area contributed by atoms with Gasteiger partial charge in [-0.3, -0.25) is 24.0 Å². The van der Waals surface area contributed by atoms with Crippen molar-refractivity contribution >= 4 is 47.7 Å². The van der Waals surface area contributed by atoms with Gasteiger partial charge in [-0.25, -0.2) is 14.4 Å². The predicted molar refractivity (Wildman–Crippen MR) is 213 cm³/mol. The van der Waals surface area contributed by atoms with Crippen LogP contribution in [0.3, 0.4) is 0 Å². The molecule has 64 heavy (non-hydrogen) atoms. The Kier molecular flexibility index (Phi) is 18.4. The van der Waals surface area contributed by atoms with Crippen LogP contribution >= 0.6 is 0 Å². The number of aliphatic hydroxyl groups excluding tert-OH is 1. The molecule has 2 N–H and O–H groups in total. The minimum Gasteiger partial charge on any atom is -0.465 e. The van der Waals surface area contributed by atoms with Gasteiger partial charge in [0.15, 0.2) is 30.7 Å². The second kappa shape index (κ2) is 23.4. The molecule has 4 rings (SSSR count). The Balaban J connectivity index is 1.82. The molecule has 2 aliphatic rings. The lowest BCUT2D eigenvalue weighted by molar-refractivity contribution is -0.338. The zero-order chi connectivity index (χ0) is 47.1. The second-order valence-corrected chi connectivity index (χ2v) is 14.4. The number of amides is 1. The van der Waals surface area contributed by atoms with Gasteiger partial charge >= 0.3 is 41.8 Å². The third kappa shape index (κ3) is 13.6. The van der Waals surface area contributed by atoms with Crippen molar-refractivity contribution in [3.63, 3.8) is 0 Å². The number of nitrogens with one attached hydrogen (secondary N) is 1. The Hall–Kier alpha value is -6.26. The topological polar surface area (TPSA) is 270 Å². The standard InChI is InChI=1S/C43H51NO20/c1-8-19-55-41-38(63-40(52)29-17-13-10-14-18-29)37(62-39(51)28-15-11-9-12-16-28)34(50)31(61-41)22-57-43(42(53)54-7)20-30(58-25(4)47)33(44-23(2)45)36(64-43)35(60-27(6)49)32(59-26(5)48)21-56-24(3)46/h8-18,30-38,41,50H,1,19-22H2,2-7H3,(H,44,45)/t30-,31+,32+,33+,34-,35+,36+,37-,38+,41-,43+/m0/s1. The Morgan fingerprint density at radius 1 is 0.812 bits per heavy atom. The van der Waals surface area contributed by atoms with E-state index in [1.165, 1.54) is 30.3 Å². The summed E-state index contributed by atoms with van der Waals surface area (Å²) in [6, 6.07) is 13.9. The average Bonchev–Trinajstić information content (AvgIpc) is 3.25. The first-order valence-electron chi connectivity index (χ1n) is 19.8. The molecule has 21 nitrogen and oxygen atoms in total. The molecule has 2 heterocycles. The molecule has 0 aromatic heterocycles. The third-order valence-electron chi connectivity index (χ3n) is 9.48. The lowest BCUT2D eigenvalue weighted by Gasteiger charge is -2.49.